The molecule has 1 unspecified atom stereocenters. The van der Waals surface area contributed by atoms with Crippen LogP contribution in [0.5, 0.6) is 5.75 Å². The molecule has 0 aromatic heterocycles. The Morgan fingerprint density at radius 1 is 0.942 bits per heavy atom. The number of alkyl halides is 3. The van der Waals surface area contributed by atoms with Gasteiger partial charge in [-0.25, -0.2) is 8.42 Å². The highest BCUT2D eigenvalue weighted by atomic mass is 32.2. The molecule has 5 rings (SSSR count). The molecule has 0 bridgehead atoms. The van der Waals surface area contributed by atoms with Crippen molar-refractivity contribution in [3.05, 3.63) is 131 Å². The summed E-state index contributed by atoms with van der Waals surface area (Å²) in [4.78, 5) is 29.7. The number of aliphatic hydroxyl groups excluding tert-OH is 1. The van der Waals surface area contributed by atoms with Gasteiger partial charge in [-0.15, -0.1) is 13.2 Å². The van der Waals surface area contributed by atoms with Crippen LogP contribution < -0.4 is 19.7 Å². The molecule has 10 nitrogen and oxygen atoms in total. The molecule has 52 heavy (non-hydrogen) atoms. The fourth-order valence-electron chi connectivity index (χ4n) is 6.20. The number of likely N-dealkylation sites (tertiary alicyclic amines) is 1. The first-order chi connectivity index (χ1) is 24.7. The van der Waals surface area contributed by atoms with Gasteiger partial charge in [-0.05, 0) is 66.3 Å². The summed E-state index contributed by atoms with van der Waals surface area (Å²) < 4.78 is 68.2. The topological polar surface area (TPSA) is 128 Å². The highest BCUT2D eigenvalue weighted by Crippen LogP contribution is 2.34. The molecule has 2 amide bonds. The minimum atomic E-state index is -4.84. The number of anilines is 1. The van der Waals surface area contributed by atoms with Crippen LogP contribution in [0.3, 0.4) is 0 Å². The fourth-order valence-corrected chi connectivity index (χ4v) is 6.69. The summed E-state index contributed by atoms with van der Waals surface area (Å²) >= 11 is 0. The molecule has 1 aliphatic rings. The molecule has 0 radical (unpaired) electrons. The summed E-state index contributed by atoms with van der Waals surface area (Å²) in [6.07, 6.45) is -3.24. The molecule has 3 atom stereocenters. The second-order valence-electron chi connectivity index (χ2n) is 12.7. The van der Waals surface area contributed by atoms with Crippen molar-refractivity contribution in [2.24, 2.45) is 0 Å². The first kappa shape index (κ1) is 38.3. The third-order valence-corrected chi connectivity index (χ3v) is 10.1. The van der Waals surface area contributed by atoms with Crippen LogP contribution in [-0.2, 0) is 23.0 Å². The molecule has 4 aromatic rings. The van der Waals surface area contributed by atoms with E-state index >= 15 is 0 Å². The number of sulfonamides is 1. The Hall–Kier alpha value is -4.92. The monoisotopic (exact) mass is 738 g/mol. The zero-order valence-corrected chi connectivity index (χ0v) is 29.5. The number of amides is 2. The summed E-state index contributed by atoms with van der Waals surface area (Å²) in [5, 5.41) is 17.2. The van der Waals surface area contributed by atoms with Gasteiger partial charge >= 0.3 is 6.36 Å². The van der Waals surface area contributed by atoms with E-state index in [1.807, 2.05) is 60.7 Å². The lowest BCUT2D eigenvalue weighted by Crippen LogP contribution is -2.48. The van der Waals surface area contributed by atoms with Crippen molar-refractivity contribution in [2.45, 2.75) is 50.4 Å². The molecule has 14 heteroatoms. The number of carbonyl (C=O) groups excluding carboxylic acids is 2. The number of halogens is 3. The van der Waals surface area contributed by atoms with Gasteiger partial charge in [0, 0.05) is 37.8 Å². The van der Waals surface area contributed by atoms with Crippen molar-refractivity contribution in [1.29, 1.82) is 0 Å². The number of carbonyl (C=O) groups is 2. The van der Waals surface area contributed by atoms with E-state index in [4.69, 9.17) is 0 Å². The highest BCUT2D eigenvalue weighted by Gasteiger charge is 2.33. The van der Waals surface area contributed by atoms with E-state index in [1.54, 1.807) is 11.0 Å². The van der Waals surface area contributed by atoms with Gasteiger partial charge in [-0.1, -0.05) is 72.8 Å². The summed E-state index contributed by atoms with van der Waals surface area (Å²) in [5.41, 5.74) is 2.54. The highest BCUT2D eigenvalue weighted by molar-refractivity contribution is 7.92. The van der Waals surface area contributed by atoms with Crippen LogP contribution in [0.1, 0.15) is 56.3 Å². The Kier molecular flexibility index (Phi) is 12.2. The van der Waals surface area contributed by atoms with Gasteiger partial charge in [0.2, 0.25) is 10.0 Å². The number of hydrogen-bond donors (Lipinski definition) is 3. The van der Waals surface area contributed by atoms with E-state index in [2.05, 4.69) is 15.4 Å². The third kappa shape index (κ3) is 10.3. The van der Waals surface area contributed by atoms with Crippen molar-refractivity contribution in [2.75, 3.05) is 30.7 Å². The summed E-state index contributed by atoms with van der Waals surface area (Å²) in [5.74, 6) is -1.36. The Morgan fingerprint density at radius 2 is 1.60 bits per heavy atom. The Morgan fingerprint density at radius 3 is 2.27 bits per heavy atom. The van der Waals surface area contributed by atoms with Crippen LogP contribution in [0.4, 0.5) is 18.9 Å². The van der Waals surface area contributed by atoms with Gasteiger partial charge in [-0.3, -0.25) is 13.9 Å². The fraction of sp³-hybridized carbons (Fsp3) is 0.316. The van der Waals surface area contributed by atoms with Gasteiger partial charge < -0.3 is 25.4 Å². The summed E-state index contributed by atoms with van der Waals surface area (Å²) in [7, 11) is -2.44. The van der Waals surface area contributed by atoms with Crippen molar-refractivity contribution in [3.63, 3.8) is 0 Å². The molecule has 0 saturated carbocycles. The zero-order valence-electron chi connectivity index (χ0n) is 28.7. The van der Waals surface area contributed by atoms with Gasteiger partial charge in [0.1, 0.15) is 5.75 Å². The quantitative estimate of drug-likeness (QED) is 0.157. The molecule has 3 N–H and O–H groups in total. The summed E-state index contributed by atoms with van der Waals surface area (Å²) in [6.45, 7) is 0.548. The van der Waals surface area contributed by atoms with Gasteiger partial charge in [0.15, 0.2) is 0 Å². The minimum Gasteiger partial charge on any atom is -0.406 e. The lowest BCUT2D eigenvalue weighted by Gasteiger charge is -2.27. The Labute approximate surface area is 301 Å². The average Bonchev–Trinajstić information content (AvgIpc) is 3.60. The second kappa shape index (κ2) is 16.6. The third-order valence-electron chi connectivity index (χ3n) is 8.88. The molecule has 1 fully saturated rings. The predicted octanol–water partition coefficient (Wildman–Crippen LogP) is 5.45. The normalized spacial score (nSPS) is 15.9. The molecule has 1 heterocycles. The van der Waals surface area contributed by atoms with E-state index < -0.39 is 34.4 Å². The van der Waals surface area contributed by atoms with E-state index in [0.29, 0.717) is 12.1 Å². The molecule has 1 aliphatic heterocycles. The van der Waals surface area contributed by atoms with Crippen LogP contribution in [-0.4, -0.2) is 75.1 Å². The molecule has 0 aliphatic carbocycles. The maximum absolute atomic E-state index is 14.0. The van der Waals surface area contributed by atoms with E-state index in [0.717, 1.165) is 34.5 Å². The molecule has 0 spiro atoms. The molecular weight excluding hydrogens is 698 g/mol. The zero-order chi connectivity index (χ0) is 37.5. The maximum atomic E-state index is 14.0. The first-order valence-corrected chi connectivity index (χ1v) is 18.6. The lowest BCUT2D eigenvalue weighted by molar-refractivity contribution is -0.274. The minimum absolute atomic E-state index is 0.0199. The number of nitrogens with one attached hydrogen (secondary N) is 2. The van der Waals surface area contributed by atoms with Gasteiger partial charge in [-0.2, -0.15) is 0 Å². The molecule has 276 valence electrons. The Balaban J connectivity index is 1.38. The Bertz CT molecular complexity index is 1950. The standard InChI is InChI=1S/C38H41F3N4O6S/c1-44(52(2,49)50)31-22-29(21-30(23-31)37(48)45-18-10-17-34(45)28-14-7-4-8-15-28)36(47)43-33(20-26-11-5-3-6-12-26)35(46)25-42-24-27-13-9-16-32(19-27)51-38(39,40)41/h3-9,11-16,19,21-23,33-35,42,46H,10,17-18,20,24-25H2,1-2H3,(H,43,47)/t33-,34?,35-/m0/s1. The van der Waals surface area contributed by atoms with Crippen LogP contribution in [0.15, 0.2) is 103 Å². The SMILES string of the molecule is CN(c1cc(C(=O)N[C@@H](Cc2ccccc2)[C@@H](O)CNCc2cccc(OC(F)(F)F)c2)cc(C(=O)N2CCCC2c2ccccc2)c1)S(C)(=O)=O. The number of hydrogen-bond acceptors (Lipinski definition) is 7. The van der Waals surface area contributed by atoms with Crippen LogP contribution >= 0.6 is 0 Å². The lowest BCUT2D eigenvalue weighted by atomic mass is 9.99. The molecule has 4 aromatic carbocycles. The smallest absolute Gasteiger partial charge is 0.406 e. The van der Waals surface area contributed by atoms with Crippen molar-refractivity contribution in [1.82, 2.24) is 15.5 Å². The van der Waals surface area contributed by atoms with Crippen LogP contribution in [0.2, 0.25) is 0 Å². The van der Waals surface area contributed by atoms with Crippen molar-refractivity contribution in [3.8, 4) is 5.75 Å². The number of ether oxygens (including phenoxy) is 1. The predicted molar refractivity (Wildman–Crippen MR) is 191 cm³/mol. The largest absolute Gasteiger partial charge is 0.573 e. The number of nitrogens with zero attached hydrogens (tertiary/aromatic N) is 2. The number of benzene rings is 4. The average molecular weight is 739 g/mol. The van der Waals surface area contributed by atoms with Crippen molar-refractivity contribution < 1.29 is 41.0 Å². The van der Waals surface area contributed by atoms with Crippen LogP contribution in [0.25, 0.3) is 0 Å². The van der Waals surface area contributed by atoms with Gasteiger partial charge in [0.05, 0.1) is 30.1 Å². The number of aliphatic hydroxyl groups is 1. The van der Waals surface area contributed by atoms with E-state index in [-0.39, 0.29) is 54.0 Å². The first-order valence-electron chi connectivity index (χ1n) is 16.7. The van der Waals surface area contributed by atoms with Crippen molar-refractivity contribution >= 4 is 27.5 Å². The second-order valence-corrected chi connectivity index (χ2v) is 14.7. The van der Waals surface area contributed by atoms with Crippen LogP contribution in [0, 0.1) is 0 Å². The molecule has 1 saturated heterocycles. The van der Waals surface area contributed by atoms with E-state index in [1.165, 1.54) is 43.4 Å². The van der Waals surface area contributed by atoms with Gasteiger partial charge in [0.25, 0.3) is 11.8 Å². The van der Waals surface area contributed by atoms with E-state index in [9.17, 15) is 36.3 Å². The molecular formula is C38H41F3N4O6S. The maximum Gasteiger partial charge on any atom is 0.573 e. The number of rotatable bonds is 14. The summed E-state index contributed by atoms with van der Waals surface area (Å²) in [6, 6.07) is 27.4.